The summed E-state index contributed by atoms with van der Waals surface area (Å²) in [4.78, 5) is 4.23. The van der Waals surface area contributed by atoms with Crippen molar-refractivity contribution in [2.45, 2.75) is 26.8 Å². The molecule has 0 radical (unpaired) electrons. The Labute approximate surface area is 108 Å². The number of rotatable bonds is 7. The fourth-order valence-corrected chi connectivity index (χ4v) is 1.66. The van der Waals surface area contributed by atoms with Crippen molar-refractivity contribution in [1.29, 1.82) is 0 Å². The van der Waals surface area contributed by atoms with E-state index in [4.69, 9.17) is 10.5 Å². The Bertz CT molecular complexity index is 386. The first-order valence-electron chi connectivity index (χ1n) is 6.17. The van der Waals surface area contributed by atoms with E-state index in [9.17, 15) is 0 Å². The van der Waals surface area contributed by atoms with Crippen LogP contribution in [-0.2, 0) is 11.3 Å². The highest BCUT2D eigenvalue weighted by atomic mass is 16.5. The molecular weight excluding hydrogens is 230 g/mol. The van der Waals surface area contributed by atoms with E-state index >= 15 is 0 Å². The Balaban J connectivity index is 2.21. The van der Waals surface area contributed by atoms with Gasteiger partial charge in [-0.3, -0.25) is 9.67 Å². The van der Waals surface area contributed by atoms with E-state index in [1.807, 2.05) is 11.6 Å². The van der Waals surface area contributed by atoms with Crippen molar-refractivity contribution < 1.29 is 4.74 Å². The smallest absolute Gasteiger partial charge is 0.188 e. The lowest BCUT2D eigenvalue weighted by atomic mass is 10.4. The van der Waals surface area contributed by atoms with Gasteiger partial charge in [0.1, 0.15) is 0 Å². The van der Waals surface area contributed by atoms with Crippen LogP contribution in [0.15, 0.2) is 11.1 Å². The van der Waals surface area contributed by atoms with Gasteiger partial charge < -0.3 is 15.8 Å². The summed E-state index contributed by atoms with van der Waals surface area (Å²) in [6.07, 6.45) is 0.925. The first kappa shape index (κ1) is 14.5. The fraction of sp³-hybridized carbons (Fsp3) is 0.667. The Kier molecular flexibility index (Phi) is 6.21. The summed E-state index contributed by atoms with van der Waals surface area (Å²) < 4.78 is 6.91. The number of nitrogens with one attached hydrogen (secondary N) is 1. The van der Waals surface area contributed by atoms with Gasteiger partial charge in [0.15, 0.2) is 5.96 Å². The molecule has 6 nitrogen and oxygen atoms in total. The average Bonchev–Trinajstić information content (AvgIpc) is 2.64. The van der Waals surface area contributed by atoms with Crippen molar-refractivity contribution in [3.8, 4) is 0 Å². The van der Waals surface area contributed by atoms with Crippen LogP contribution in [-0.4, -0.2) is 42.5 Å². The molecular formula is C12H23N5O. The first-order chi connectivity index (χ1) is 8.63. The summed E-state index contributed by atoms with van der Waals surface area (Å²) in [6, 6.07) is 2.07. The van der Waals surface area contributed by atoms with E-state index in [0.717, 1.165) is 18.7 Å². The number of guanidine groups is 1. The van der Waals surface area contributed by atoms with Crippen LogP contribution in [0.5, 0.6) is 0 Å². The normalized spacial score (nSPS) is 11.8. The first-order valence-corrected chi connectivity index (χ1v) is 6.17. The number of methoxy groups -OCH3 is 1. The number of nitrogens with zero attached hydrogens (tertiary/aromatic N) is 3. The maximum Gasteiger partial charge on any atom is 0.188 e. The molecule has 18 heavy (non-hydrogen) atoms. The largest absolute Gasteiger partial charge is 0.383 e. The van der Waals surface area contributed by atoms with Gasteiger partial charge in [-0.25, -0.2) is 0 Å². The summed E-state index contributed by atoms with van der Waals surface area (Å²) in [7, 11) is 1.66. The third-order valence-corrected chi connectivity index (χ3v) is 2.53. The van der Waals surface area contributed by atoms with Crippen LogP contribution in [0.1, 0.15) is 17.8 Å². The fourth-order valence-electron chi connectivity index (χ4n) is 1.66. The van der Waals surface area contributed by atoms with Crippen molar-refractivity contribution in [2.24, 2.45) is 10.7 Å². The van der Waals surface area contributed by atoms with Gasteiger partial charge in [0, 0.05) is 32.4 Å². The molecule has 0 atom stereocenters. The Morgan fingerprint density at radius 2 is 2.33 bits per heavy atom. The van der Waals surface area contributed by atoms with Crippen molar-refractivity contribution in [1.82, 2.24) is 15.1 Å². The lowest BCUT2D eigenvalue weighted by Gasteiger charge is -2.05. The number of hydrogen-bond donors (Lipinski definition) is 2. The molecule has 0 aliphatic rings. The van der Waals surface area contributed by atoms with Crippen LogP contribution >= 0.6 is 0 Å². The Morgan fingerprint density at radius 3 is 2.94 bits per heavy atom. The van der Waals surface area contributed by atoms with Gasteiger partial charge in [-0.15, -0.1) is 0 Å². The van der Waals surface area contributed by atoms with E-state index in [-0.39, 0.29) is 0 Å². The molecule has 1 heterocycles. The van der Waals surface area contributed by atoms with Gasteiger partial charge in [-0.1, -0.05) is 0 Å². The molecule has 102 valence electrons. The van der Waals surface area contributed by atoms with Gasteiger partial charge >= 0.3 is 0 Å². The second-order valence-corrected chi connectivity index (χ2v) is 4.19. The van der Waals surface area contributed by atoms with Gasteiger partial charge in [0.05, 0.1) is 12.3 Å². The minimum atomic E-state index is 0.473. The molecule has 0 saturated carbocycles. The second-order valence-electron chi connectivity index (χ2n) is 4.19. The minimum Gasteiger partial charge on any atom is -0.383 e. The molecule has 0 amide bonds. The van der Waals surface area contributed by atoms with Crippen LogP contribution in [0.3, 0.4) is 0 Å². The van der Waals surface area contributed by atoms with Crippen molar-refractivity contribution in [3.05, 3.63) is 17.5 Å². The predicted molar refractivity (Wildman–Crippen MR) is 72.7 cm³/mol. The van der Waals surface area contributed by atoms with Gasteiger partial charge in [-0.2, -0.15) is 5.10 Å². The van der Waals surface area contributed by atoms with E-state index in [2.05, 4.69) is 28.4 Å². The minimum absolute atomic E-state index is 0.473. The van der Waals surface area contributed by atoms with Crippen LogP contribution in [0.25, 0.3) is 0 Å². The number of ether oxygens (including phenoxy) is 1. The molecule has 0 saturated heterocycles. The maximum absolute atomic E-state index is 5.69. The van der Waals surface area contributed by atoms with Gasteiger partial charge in [-0.05, 0) is 26.3 Å². The highest BCUT2D eigenvalue weighted by Crippen LogP contribution is 2.02. The SMILES string of the molecule is COCCNC(N)=NCCCn1nc(C)cc1C. The van der Waals surface area contributed by atoms with Crippen molar-refractivity contribution in [3.63, 3.8) is 0 Å². The molecule has 0 spiro atoms. The highest BCUT2D eigenvalue weighted by molar-refractivity contribution is 5.77. The zero-order valence-electron chi connectivity index (χ0n) is 11.4. The molecule has 0 aromatic carbocycles. The van der Waals surface area contributed by atoms with Crippen molar-refractivity contribution in [2.75, 3.05) is 26.8 Å². The number of hydrogen-bond acceptors (Lipinski definition) is 3. The monoisotopic (exact) mass is 253 g/mol. The van der Waals surface area contributed by atoms with E-state index < -0.39 is 0 Å². The molecule has 0 bridgehead atoms. The number of aromatic nitrogens is 2. The van der Waals surface area contributed by atoms with Crippen LogP contribution in [0.2, 0.25) is 0 Å². The van der Waals surface area contributed by atoms with E-state index in [0.29, 0.717) is 25.7 Å². The van der Waals surface area contributed by atoms with Crippen LogP contribution in [0.4, 0.5) is 0 Å². The maximum atomic E-state index is 5.69. The number of aryl methyl sites for hydroxylation is 3. The third kappa shape index (κ3) is 5.18. The summed E-state index contributed by atoms with van der Waals surface area (Å²) in [6.45, 7) is 6.94. The average molecular weight is 253 g/mol. The molecule has 1 aromatic heterocycles. The molecule has 6 heteroatoms. The number of nitrogens with two attached hydrogens (primary N) is 1. The summed E-state index contributed by atoms with van der Waals surface area (Å²) >= 11 is 0. The Morgan fingerprint density at radius 1 is 1.56 bits per heavy atom. The lowest BCUT2D eigenvalue weighted by molar-refractivity contribution is 0.204. The molecule has 0 unspecified atom stereocenters. The highest BCUT2D eigenvalue weighted by Gasteiger charge is 1.99. The predicted octanol–water partition coefficient (Wildman–Crippen LogP) is 0.441. The van der Waals surface area contributed by atoms with Crippen LogP contribution in [0, 0.1) is 13.8 Å². The summed E-state index contributed by atoms with van der Waals surface area (Å²) in [5, 5.41) is 7.37. The summed E-state index contributed by atoms with van der Waals surface area (Å²) in [5.74, 6) is 0.473. The Hall–Kier alpha value is -1.56. The molecule has 3 N–H and O–H groups in total. The van der Waals surface area contributed by atoms with Gasteiger partial charge in [0.25, 0.3) is 0 Å². The standard InChI is InChI=1S/C12H23N5O/c1-10-9-11(2)17(16-10)7-4-5-14-12(13)15-6-8-18-3/h9H,4-8H2,1-3H3,(H3,13,14,15). The molecule has 1 aromatic rings. The number of aliphatic imine (C=N–C) groups is 1. The van der Waals surface area contributed by atoms with E-state index in [1.165, 1.54) is 5.69 Å². The molecule has 0 aliphatic heterocycles. The third-order valence-electron chi connectivity index (χ3n) is 2.53. The summed E-state index contributed by atoms with van der Waals surface area (Å²) in [5.41, 5.74) is 7.92. The lowest BCUT2D eigenvalue weighted by Crippen LogP contribution is -2.34. The zero-order chi connectivity index (χ0) is 13.4. The van der Waals surface area contributed by atoms with Gasteiger partial charge in [0.2, 0.25) is 0 Å². The second kappa shape index (κ2) is 7.71. The molecule has 0 aliphatic carbocycles. The molecule has 0 fully saturated rings. The topological polar surface area (TPSA) is 77.5 Å². The van der Waals surface area contributed by atoms with E-state index in [1.54, 1.807) is 7.11 Å². The zero-order valence-corrected chi connectivity index (χ0v) is 11.4. The van der Waals surface area contributed by atoms with Crippen molar-refractivity contribution >= 4 is 5.96 Å². The quantitative estimate of drug-likeness (QED) is 0.420. The van der Waals surface area contributed by atoms with Crippen LogP contribution < -0.4 is 11.1 Å². The molecule has 1 rings (SSSR count).